The second kappa shape index (κ2) is 11.7. The zero-order valence-electron chi connectivity index (χ0n) is 13.6. The fourth-order valence-electron chi connectivity index (χ4n) is 1.59. The van der Waals surface area contributed by atoms with Crippen molar-refractivity contribution in [2.24, 2.45) is 0 Å². The molecule has 0 bridgehead atoms. The number of anilines is 1. The molecule has 1 aromatic carbocycles. The average Bonchev–Trinajstić information content (AvgIpc) is 2.95. The van der Waals surface area contributed by atoms with Gasteiger partial charge in [0.2, 0.25) is 0 Å². The van der Waals surface area contributed by atoms with Gasteiger partial charge in [-0.05, 0) is 24.6 Å². The SMILES string of the molecule is C=O.CCCC.CNc1cccc(Cn2ccnc2C)c1. The quantitative estimate of drug-likeness (QED) is 0.928. The summed E-state index contributed by atoms with van der Waals surface area (Å²) in [5.41, 5.74) is 2.42. The van der Waals surface area contributed by atoms with E-state index < -0.39 is 0 Å². The van der Waals surface area contributed by atoms with Crippen LogP contribution in [0.1, 0.15) is 38.1 Å². The Labute approximate surface area is 128 Å². The summed E-state index contributed by atoms with van der Waals surface area (Å²) in [6.45, 7) is 9.25. The lowest BCUT2D eigenvalue weighted by molar-refractivity contribution is -0.0979. The lowest BCUT2D eigenvalue weighted by atomic mass is 10.2. The number of hydrogen-bond acceptors (Lipinski definition) is 3. The summed E-state index contributed by atoms with van der Waals surface area (Å²) in [6.07, 6.45) is 6.47. The van der Waals surface area contributed by atoms with Crippen molar-refractivity contribution in [3.63, 3.8) is 0 Å². The van der Waals surface area contributed by atoms with Gasteiger partial charge in [-0.3, -0.25) is 0 Å². The molecule has 0 saturated heterocycles. The van der Waals surface area contributed by atoms with Crippen molar-refractivity contribution in [1.29, 1.82) is 0 Å². The van der Waals surface area contributed by atoms with Crippen molar-refractivity contribution < 1.29 is 4.79 Å². The van der Waals surface area contributed by atoms with Crippen LogP contribution in [0.15, 0.2) is 36.7 Å². The largest absolute Gasteiger partial charge is 0.388 e. The Morgan fingerprint density at radius 1 is 1.24 bits per heavy atom. The Morgan fingerprint density at radius 2 is 1.90 bits per heavy atom. The first-order chi connectivity index (χ1) is 10.2. The third-order valence-electron chi connectivity index (χ3n) is 2.99. The summed E-state index contributed by atoms with van der Waals surface area (Å²) in [4.78, 5) is 12.2. The molecule has 1 heterocycles. The highest BCUT2D eigenvalue weighted by molar-refractivity contribution is 5.45. The number of aryl methyl sites for hydroxylation is 1. The fourth-order valence-corrected chi connectivity index (χ4v) is 1.59. The van der Waals surface area contributed by atoms with Gasteiger partial charge in [0.1, 0.15) is 12.6 Å². The van der Waals surface area contributed by atoms with E-state index in [1.807, 2.05) is 33.2 Å². The van der Waals surface area contributed by atoms with Crippen LogP contribution in [-0.2, 0) is 11.3 Å². The van der Waals surface area contributed by atoms with Gasteiger partial charge in [-0.2, -0.15) is 0 Å². The highest BCUT2D eigenvalue weighted by Crippen LogP contribution is 2.11. The zero-order valence-corrected chi connectivity index (χ0v) is 13.6. The normalized spacial score (nSPS) is 8.95. The van der Waals surface area contributed by atoms with E-state index >= 15 is 0 Å². The molecule has 0 radical (unpaired) electrons. The average molecular weight is 289 g/mol. The Morgan fingerprint density at radius 3 is 2.38 bits per heavy atom. The number of carbonyl (C=O) groups excluding carboxylic acids is 1. The van der Waals surface area contributed by atoms with Gasteiger partial charge < -0.3 is 14.7 Å². The number of carbonyl (C=O) groups is 1. The minimum atomic E-state index is 0.876. The molecule has 0 fully saturated rings. The molecule has 1 aromatic heterocycles. The van der Waals surface area contributed by atoms with E-state index in [1.54, 1.807) is 0 Å². The van der Waals surface area contributed by atoms with E-state index in [1.165, 1.54) is 18.4 Å². The molecule has 21 heavy (non-hydrogen) atoms. The third-order valence-corrected chi connectivity index (χ3v) is 2.99. The van der Waals surface area contributed by atoms with E-state index in [4.69, 9.17) is 4.79 Å². The molecule has 0 aliphatic rings. The van der Waals surface area contributed by atoms with Crippen LogP contribution in [0.4, 0.5) is 5.69 Å². The van der Waals surface area contributed by atoms with E-state index in [0.717, 1.165) is 18.1 Å². The van der Waals surface area contributed by atoms with Crippen molar-refractivity contribution in [3.05, 3.63) is 48.0 Å². The monoisotopic (exact) mass is 289 g/mol. The number of benzene rings is 1. The molecule has 0 aliphatic carbocycles. The number of rotatable bonds is 4. The van der Waals surface area contributed by atoms with Crippen molar-refractivity contribution >= 4 is 12.5 Å². The van der Waals surface area contributed by atoms with Crippen LogP contribution in [0.25, 0.3) is 0 Å². The maximum absolute atomic E-state index is 8.00. The Kier molecular flexibility index (Phi) is 10.5. The molecule has 0 aliphatic heterocycles. The number of hydrogen-bond donors (Lipinski definition) is 1. The maximum Gasteiger partial charge on any atom is 0.106 e. The minimum absolute atomic E-state index is 0.876. The van der Waals surface area contributed by atoms with Crippen LogP contribution >= 0.6 is 0 Å². The summed E-state index contributed by atoms with van der Waals surface area (Å²) < 4.78 is 2.13. The van der Waals surface area contributed by atoms with Gasteiger partial charge in [0.05, 0.1) is 0 Å². The molecule has 0 atom stereocenters. The van der Waals surface area contributed by atoms with Crippen molar-refractivity contribution in [1.82, 2.24) is 9.55 Å². The lowest BCUT2D eigenvalue weighted by Gasteiger charge is -2.07. The highest BCUT2D eigenvalue weighted by Gasteiger charge is 1.99. The van der Waals surface area contributed by atoms with Gasteiger partial charge >= 0.3 is 0 Å². The summed E-state index contributed by atoms with van der Waals surface area (Å²) in [5, 5.41) is 3.14. The van der Waals surface area contributed by atoms with Crippen molar-refractivity contribution in [3.8, 4) is 0 Å². The molecule has 116 valence electrons. The number of unbranched alkanes of at least 4 members (excludes halogenated alkanes) is 1. The van der Waals surface area contributed by atoms with Gasteiger partial charge in [-0.15, -0.1) is 0 Å². The molecule has 0 spiro atoms. The van der Waals surface area contributed by atoms with Crippen LogP contribution in [0.5, 0.6) is 0 Å². The minimum Gasteiger partial charge on any atom is -0.388 e. The van der Waals surface area contributed by atoms with E-state index in [-0.39, 0.29) is 0 Å². The predicted molar refractivity (Wildman–Crippen MR) is 89.8 cm³/mol. The molecule has 0 unspecified atom stereocenters. The maximum atomic E-state index is 8.00. The third kappa shape index (κ3) is 7.30. The fraction of sp³-hybridized carbons (Fsp3) is 0.412. The van der Waals surface area contributed by atoms with Crippen LogP contribution in [0.2, 0.25) is 0 Å². The molecule has 1 N–H and O–H groups in total. The molecule has 4 heteroatoms. The number of imidazole rings is 1. The molecule has 4 nitrogen and oxygen atoms in total. The van der Waals surface area contributed by atoms with Crippen molar-refractivity contribution in [2.75, 3.05) is 12.4 Å². The summed E-state index contributed by atoms with van der Waals surface area (Å²) in [7, 11) is 1.93. The van der Waals surface area contributed by atoms with Crippen LogP contribution < -0.4 is 5.32 Å². The smallest absolute Gasteiger partial charge is 0.106 e. The summed E-state index contributed by atoms with van der Waals surface area (Å²) in [6, 6.07) is 8.40. The standard InChI is InChI=1S/C12H15N3.C4H10.CH2O/c1-10-14-6-7-15(10)9-11-4-3-5-12(8-11)13-2;1-3-4-2;1-2/h3-8,13H,9H2,1-2H3;3-4H2,1-2H3;1H2. The highest BCUT2D eigenvalue weighted by atomic mass is 16.1. The zero-order chi connectivity index (χ0) is 16.1. The molecule has 0 amide bonds. The Hall–Kier alpha value is -2.10. The lowest BCUT2D eigenvalue weighted by Crippen LogP contribution is -2.01. The van der Waals surface area contributed by atoms with Gasteiger partial charge in [0, 0.05) is 31.7 Å². The van der Waals surface area contributed by atoms with Gasteiger partial charge in [-0.1, -0.05) is 38.8 Å². The second-order valence-electron chi connectivity index (χ2n) is 4.55. The van der Waals surface area contributed by atoms with E-state index in [2.05, 4.69) is 53.0 Å². The molecular formula is C17H27N3O. The van der Waals surface area contributed by atoms with E-state index in [9.17, 15) is 0 Å². The summed E-state index contributed by atoms with van der Waals surface area (Å²) >= 11 is 0. The predicted octanol–water partition coefficient (Wildman–Crippen LogP) is 3.90. The van der Waals surface area contributed by atoms with Gasteiger partial charge in [0.15, 0.2) is 0 Å². The Balaban J connectivity index is 0.000000579. The van der Waals surface area contributed by atoms with Gasteiger partial charge in [0.25, 0.3) is 0 Å². The first-order valence-electron chi connectivity index (χ1n) is 7.24. The van der Waals surface area contributed by atoms with Crippen LogP contribution in [0.3, 0.4) is 0 Å². The summed E-state index contributed by atoms with van der Waals surface area (Å²) in [5.74, 6) is 1.05. The molecular weight excluding hydrogens is 262 g/mol. The second-order valence-corrected chi connectivity index (χ2v) is 4.55. The van der Waals surface area contributed by atoms with E-state index in [0.29, 0.717) is 0 Å². The number of aromatic nitrogens is 2. The van der Waals surface area contributed by atoms with Crippen molar-refractivity contribution in [2.45, 2.75) is 40.2 Å². The van der Waals surface area contributed by atoms with Crippen LogP contribution in [-0.4, -0.2) is 23.4 Å². The first kappa shape index (κ1) is 18.9. The Bertz CT molecular complexity index is 492. The number of nitrogens with zero attached hydrogens (tertiary/aromatic N) is 2. The van der Waals surface area contributed by atoms with Crippen LogP contribution in [0, 0.1) is 6.92 Å². The molecule has 2 rings (SSSR count). The molecule has 0 saturated carbocycles. The first-order valence-corrected chi connectivity index (χ1v) is 7.24. The number of nitrogens with one attached hydrogen (secondary N) is 1. The molecule has 2 aromatic rings. The van der Waals surface area contributed by atoms with Gasteiger partial charge in [-0.25, -0.2) is 4.98 Å². The topological polar surface area (TPSA) is 46.9 Å².